The molecule has 6 nitrogen and oxygen atoms in total. The predicted molar refractivity (Wildman–Crippen MR) is 135 cm³/mol. The fourth-order valence-electron chi connectivity index (χ4n) is 3.86. The number of benzene rings is 2. The van der Waals surface area contributed by atoms with E-state index in [-0.39, 0.29) is 11.0 Å². The zero-order chi connectivity index (χ0) is 23.9. The fraction of sp³-hybridized carbons (Fsp3) is 0.231. The van der Waals surface area contributed by atoms with Crippen LogP contribution in [0, 0.1) is 25.2 Å². The van der Waals surface area contributed by atoms with Crippen LogP contribution in [0.4, 0.5) is 0 Å². The van der Waals surface area contributed by atoms with Gasteiger partial charge in [-0.1, -0.05) is 36.7 Å². The number of rotatable bonds is 3. The molecule has 0 bridgehead atoms. The van der Waals surface area contributed by atoms with Crippen molar-refractivity contribution >= 4 is 33.0 Å². The summed E-state index contributed by atoms with van der Waals surface area (Å²) in [4.78, 5) is 18.1. The Bertz CT molecular complexity index is 1500. The van der Waals surface area contributed by atoms with Gasteiger partial charge in [0.15, 0.2) is 0 Å². The summed E-state index contributed by atoms with van der Waals surface area (Å²) < 4.78 is 4.33. The average Bonchev–Trinajstić information content (AvgIpc) is 3.05. The second-order valence-corrected chi connectivity index (χ2v) is 9.94. The number of nitrogens with zero attached hydrogens (tertiary/aromatic N) is 5. The Morgan fingerprint density at radius 1 is 1.09 bits per heavy atom. The summed E-state index contributed by atoms with van der Waals surface area (Å²) in [5, 5.41) is 14.2. The van der Waals surface area contributed by atoms with Crippen LogP contribution in [-0.4, -0.2) is 20.4 Å². The second kappa shape index (κ2) is 8.45. The molecule has 0 saturated carbocycles. The van der Waals surface area contributed by atoms with E-state index in [1.807, 2.05) is 65.0 Å². The summed E-state index contributed by atoms with van der Waals surface area (Å²) in [5.41, 5.74) is 4.57. The van der Waals surface area contributed by atoms with Crippen LogP contribution in [0.25, 0.3) is 16.6 Å². The molecule has 0 aliphatic carbocycles. The summed E-state index contributed by atoms with van der Waals surface area (Å²) in [7, 11) is 0. The van der Waals surface area contributed by atoms with E-state index in [1.165, 1.54) is 4.68 Å². The van der Waals surface area contributed by atoms with E-state index in [2.05, 4.69) is 31.7 Å². The highest BCUT2D eigenvalue weighted by Gasteiger charge is 2.23. The summed E-state index contributed by atoms with van der Waals surface area (Å²) in [5.74, 6) is 0.597. The van der Waals surface area contributed by atoms with Crippen molar-refractivity contribution < 1.29 is 0 Å². The first-order chi connectivity index (χ1) is 15.6. The van der Waals surface area contributed by atoms with Gasteiger partial charge < -0.3 is 4.57 Å². The lowest BCUT2D eigenvalue weighted by atomic mass is 9.95. The van der Waals surface area contributed by atoms with Crippen LogP contribution in [0.1, 0.15) is 49.1 Å². The first-order valence-electron chi connectivity index (χ1n) is 10.6. The Hall–Kier alpha value is -3.50. The van der Waals surface area contributed by atoms with Crippen molar-refractivity contribution in [3.8, 4) is 11.8 Å². The minimum atomic E-state index is -0.378. The van der Waals surface area contributed by atoms with Gasteiger partial charge in [-0.25, -0.2) is 4.98 Å². The van der Waals surface area contributed by atoms with Crippen molar-refractivity contribution in [2.45, 2.75) is 40.0 Å². The summed E-state index contributed by atoms with van der Waals surface area (Å²) in [6.45, 7) is 10.1. The van der Waals surface area contributed by atoms with E-state index in [9.17, 15) is 4.79 Å². The third-order valence-electron chi connectivity index (χ3n) is 5.52. The molecule has 0 amide bonds. The quantitative estimate of drug-likeness (QED) is 0.342. The number of hydrogen-bond donors (Lipinski definition) is 0. The molecule has 0 spiro atoms. The second-order valence-electron chi connectivity index (χ2n) is 9.03. The average molecular weight is 502 g/mol. The molecule has 2 aromatic carbocycles. The van der Waals surface area contributed by atoms with E-state index in [1.54, 1.807) is 24.4 Å². The first-order valence-corrected chi connectivity index (χ1v) is 11.4. The first kappa shape index (κ1) is 22.7. The molecular weight excluding hydrogens is 478 g/mol. The standard InChI is InChI=1S/C26H24BrN5O/c1-16-12-19(17(2)31(16)21-9-6-18(14-28)7-10-21)15-29-32-24(33)22-13-20(27)8-11-23(22)30-25(32)26(3,4)5/h6-13,15H,1-5H3. The Kier molecular flexibility index (Phi) is 5.81. The Morgan fingerprint density at radius 2 is 1.79 bits per heavy atom. The minimum Gasteiger partial charge on any atom is -0.318 e. The Labute approximate surface area is 201 Å². The summed E-state index contributed by atoms with van der Waals surface area (Å²) in [6, 6.07) is 17.1. The molecule has 0 aliphatic heterocycles. The van der Waals surface area contributed by atoms with Gasteiger partial charge in [-0.3, -0.25) is 4.79 Å². The van der Waals surface area contributed by atoms with Crippen LogP contribution in [0.2, 0.25) is 0 Å². The molecule has 4 rings (SSSR count). The minimum absolute atomic E-state index is 0.205. The number of halogens is 1. The lowest BCUT2D eigenvalue weighted by Gasteiger charge is -2.20. The molecule has 7 heteroatoms. The maximum Gasteiger partial charge on any atom is 0.282 e. The molecular formula is C26H24BrN5O. The molecule has 0 aliphatic rings. The van der Waals surface area contributed by atoms with Crippen LogP contribution >= 0.6 is 15.9 Å². The molecule has 0 N–H and O–H groups in total. The number of aryl methyl sites for hydroxylation is 1. The Balaban J connectivity index is 1.84. The van der Waals surface area contributed by atoms with Gasteiger partial charge in [-0.2, -0.15) is 15.0 Å². The third kappa shape index (κ3) is 4.27. The van der Waals surface area contributed by atoms with Crippen molar-refractivity contribution in [1.82, 2.24) is 14.2 Å². The van der Waals surface area contributed by atoms with Crippen LogP contribution < -0.4 is 5.56 Å². The highest BCUT2D eigenvalue weighted by molar-refractivity contribution is 9.10. The highest BCUT2D eigenvalue weighted by Crippen LogP contribution is 2.24. The van der Waals surface area contributed by atoms with Crippen molar-refractivity contribution in [1.29, 1.82) is 5.26 Å². The summed E-state index contributed by atoms with van der Waals surface area (Å²) in [6.07, 6.45) is 1.71. The number of fused-ring (bicyclic) bond motifs is 1. The number of hydrogen-bond acceptors (Lipinski definition) is 4. The van der Waals surface area contributed by atoms with Gasteiger partial charge in [-0.15, -0.1) is 0 Å². The molecule has 0 saturated heterocycles. The van der Waals surface area contributed by atoms with Gasteiger partial charge in [0.05, 0.1) is 28.8 Å². The zero-order valence-corrected chi connectivity index (χ0v) is 20.8. The van der Waals surface area contributed by atoms with Gasteiger partial charge in [0, 0.05) is 32.5 Å². The maximum absolute atomic E-state index is 13.4. The molecule has 0 radical (unpaired) electrons. The van der Waals surface area contributed by atoms with Crippen LogP contribution in [-0.2, 0) is 5.41 Å². The smallest absolute Gasteiger partial charge is 0.282 e. The van der Waals surface area contributed by atoms with Gasteiger partial charge in [-0.05, 0) is 62.4 Å². The molecule has 2 heterocycles. The van der Waals surface area contributed by atoms with Crippen molar-refractivity contribution in [2.24, 2.45) is 5.10 Å². The van der Waals surface area contributed by atoms with Crippen molar-refractivity contribution in [3.05, 3.63) is 91.7 Å². The monoisotopic (exact) mass is 501 g/mol. The number of aromatic nitrogens is 3. The van der Waals surface area contributed by atoms with Gasteiger partial charge in [0.2, 0.25) is 0 Å². The molecule has 33 heavy (non-hydrogen) atoms. The van der Waals surface area contributed by atoms with Crippen LogP contribution in [0.3, 0.4) is 0 Å². The predicted octanol–water partition coefficient (Wildman–Crippen LogP) is 5.62. The van der Waals surface area contributed by atoms with E-state index in [4.69, 9.17) is 10.2 Å². The SMILES string of the molecule is Cc1cc(C=Nn2c(C(C)(C)C)nc3ccc(Br)cc3c2=O)c(C)n1-c1ccc(C#N)cc1. The van der Waals surface area contributed by atoms with Crippen molar-refractivity contribution in [3.63, 3.8) is 0 Å². The molecule has 2 aromatic heterocycles. The van der Waals surface area contributed by atoms with Crippen molar-refractivity contribution in [2.75, 3.05) is 0 Å². The van der Waals surface area contributed by atoms with Gasteiger partial charge in [0.1, 0.15) is 5.82 Å². The maximum atomic E-state index is 13.4. The molecule has 0 atom stereocenters. The molecule has 0 unspecified atom stereocenters. The molecule has 166 valence electrons. The normalized spacial score (nSPS) is 11.9. The lowest BCUT2D eigenvalue weighted by Crippen LogP contribution is -2.29. The lowest BCUT2D eigenvalue weighted by molar-refractivity contribution is 0.506. The highest BCUT2D eigenvalue weighted by atomic mass is 79.9. The van der Waals surface area contributed by atoms with E-state index in [0.717, 1.165) is 27.1 Å². The molecule has 0 fully saturated rings. The largest absolute Gasteiger partial charge is 0.318 e. The van der Waals surface area contributed by atoms with Gasteiger partial charge in [0.25, 0.3) is 5.56 Å². The third-order valence-corrected chi connectivity index (χ3v) is 6.01. The fourth-order valence-corrected chi connectivity index (χ4v) is 4.22. The summed E-state index contributed by atoms with van der Waals surface area (Å²) >= 11 is 3.44. The van der Waals surface area contributed by atoms with Crippen LogP contribution in [0.15, 0.2) is 62.9 Å². The topological polar surface area (TPSA) is 76.0 Å². The van der Waals surface area contributed by atoms with E-state index < -0.39 is 0 Å². The molecule has 4 aromatic rings. The van der Waals surface area contributed by atoms with Gasteiger partial charge >= 0.3 is 0 Å². The van der Waals surface area contributed by atoms with Crippen LogP contribution in [0.5, 0.6) is 0 Å². The number of nitriles is 1. The van der Waals surface area contributed by atoms with E-state index in [0.29, 0.717) is 22.3 Å². The zero-order valence-electron chi connectivity index (χ0n) is 19.2. The Morgan fingerprint density at radius 3 is 2.42 bits per heavy atom. The van der Waals surface area contributed by atoms with E-state index >= 15 is 0 Å².